The number of rotatable bonds is 6. The second kappa shape index (κ2) is 6.23. The molecule has 0 fully saturated rings. The Bertz CT molecular complexity index is 627. The van der Waals surface area contributed by atoms with Crippen molar-refractivity contribution in [1.82, 2.24) is 14.5 Å². The third-order valence-corrected chi connectivity index (χ3v) is 3.75. The third kappa shape index (κ3) is 3.10. The molecule has 0 aliphatic heterocycles. The Labute approximate surface area is 121 Å². The molecule has 0 spiro atoms. The summed E-state index contributed by atoms with van der Waals surface area (Å²) in [6, 6.07) is 3.83. The Kier molecular flexibility index (Phi) is 4.61. The summed E-state index contributed by atoms with van der Waals surface area (Å²) >= 11 is 1.20. The van der Waals surface area contributed by atoms with Gasteiger partial charge in [0.2, 0.25) is 0 Å². The van der Waals surface area contributed by atoms with E-state index in [0.717, 1.165) is 16.9 Å². The molecule has 7 heteroatoms. The second-order valence-corrected chi connectivity index (χ2v) is 5.49. The van der Waals surface area contributed by atoms with Crippen molar-refractivity contribution in [1.29, 1.82) is 0 Å². The molecule has 0 aliphatic carbocycles. The number of ether oxygens (including phenoxy) is 1. The Balaban J connectivity index is 2.48. The van der Waals surface area contributed by atoms with Gasteiger partial charge in [-0.25, -0.2) is 9.97 Å². The van der Waals surface area contributed by atoms with Crippen LogP contribution in [0.25, 0.3) is 11.2 Å². The van der Waals surface area contributed by atoms with Crippen LogP contribution in [-0.2, 0) is 9.53 Å². The summed E-state index contributed by atoms with van der Waals surface area (Å²) < 4.78 is 7.13. The number of hydrogen-bond acceptors (Lipinski definition) is 5. The lowest BCUT2D eigenvalue weighted by molar-refractivity contribution is -0.133. The number of imidazole rings is 1. The van der Waals surface area contributed by atoms with Crippen molar-refractivity contribution in [2.75, 3.05) is 19.5 Å². The van der Waals surface area contributed by atoms with E-state index in [1.165, 1.54) is 11.8 Å². The molecule has 0 saturated carbocycles. The zero-order valence-electron chi connectivity index (χ0n) is 11.7. The van der Waals surface area contributed by atoms with E-state index in [1.807, 2.05) is 30.5 Å². The predicted molar refractivity (Wildman–Crippen MR) is 77.2 cm³/mol. The van der Waals surface area contributed by atoms with Crippen molar-refractivity contribution < 1.29 is 14.6 Å². The van der Waals surface area contributed by atoms with Gasteiger partial charge in [-0.1, -0.05) is 11.8 Å². The first-order chi connectivity index (χ1) is 9.52. The first-order valence-corrected chi connectivity index (χ1v) is 7.20. The fourth-order valence-electron chi connectivity index (χ4n) is 1.99. The summed E-state index contributed by atoms with van der Waals surface area (Å²) in [5, 5.41) is 9.49. The highest BCUT2D eigenvalue weighted by Crippen LogP contribution is 2.27. The highest BCUT2D eigenvalue weighted by molar-refractivity contribution is 7.99. The van der Waals surface area contributed by atoms with Crippen LogP contribution in [0.4, 0.5) is 0 Å². The number of hydrogen-bond donors (Lipinski definition) is 1. The summed E-state index contributed by atoms with van der Waals surface area (Å²) in [6.45, 7) is 4.43. The zero-order valence-corrected chi connectivity index (χ0v) is 12.5. The van der Waals surface area contributed by atoms with Crippen LogP contribution in [0.5, 0.6) is 0 Å². The average Bonchev–Trinajstić information content (AvgIpc) is 2.74. The van der Waals surface area contributed by atoms with Gasteiger partial charge in [-0.3, -0.25) is 9.36 Å². The molecule has 1 N–H and O–H groups in total. The highest BCUT2D eigenvalue weighted by atomic mass is 32.2. The number of thioether (sulfide) groups is 1. The third-order valence-electron chi connectivity index (χ3n) is 2.82. The van der Waals surface area contributed by atoms with Crippen molar-refractivity contribution in [3.05, 3.63) is 17.8 Å². The minimum absolute atomic E-state index is 0.0258. The summed E-state index contributed by atoms with van der Waals surface area (Å²) in [7, 11) is 1.64. The number of aromatic nitrogens is 3. The number of aliphatic carboxylic acids is 1. The number of pyridine rings is 1. The van der Waals surface area contributed by atoms with Crippen LogP contribution < -0.4 is 0 Å². The number of fused-ring (bicyclic) bond motifs is 1. The van der Waals surface area contributed by atoms with Crippen LogP contribution in [-0.4, -0.2) is 45.1 Å². The molecule has 2 heterocycles. The maximum atomic E-state index is 10.8. The van der Waals surface area contributed by atoms with Gasteiger partial charge in [0.15, 0.2) is 10.8 Å². The van der Waals surface area contributed by atoms with Crippen molar-refractivity contribution >= 4 is 28.9 Å². The van der Waals surface area contributed by atoms with Crippen molar-refractivity contribution in [2.24, 2.45) is 0 Å². The molecule has 0 amide bonds. The maximum Gasteiger partial charge on any atom is 0.313 e. The van der Waals surface area contributed by atoms with Crippen LogP contribution >= 0.6 is 11.8 Å². The van der Waals surface area contributed by atoms with E-state index in [4.69, 9.17) is 9.84 Å². The minimum atomic E-state index is -0.864. The van der Waals surface area contributed by atoms with Crippen molar-refractivity contribution in [2.45, 2.75) is 25.0 Å². The lowest BCUT2D eigenvalue weighted by atomic mass is 10.3. The number of carboxylic acids is 1. The van der Waals surface area contributed by atoms with Crippen molar-refractivity contribution in [3.63, 3.8) is 0 Å². The topological polar surface area (TPSA) is 77.2 Å². The Morgan fingerprint density at radius 3 is 2.90 bits per heavy atom. The number of methoxy groups -OCH3 is 1. The van der Waals surface area contributed by atoms with E-state index >= 15 is 0 Å². The van der Waals surface area contributed by atoms with Gasteiger partial charge in [-0.2, -0.15) is 0 Å². The summed E-state index contributed by atoms with van der Waals surface area (Å²) in [5.41, 5.74) is 2.44. The Morgan fingerprint density at radius 2 is 2.25 bits per heavy atom. The van der Waals surface area contributed by atoms with Crippen LogP contribution in [0, 0.1) is 6.92 Å². The highest BCUT2D eigenvalue weighted by Gasteiger charge is 2.18. The largest absolute Gasteiger partial charge is 0.481 e. The monoisotopic (exact) mass is 295 g/mol. The number of carboxylic acid groups (broad SMARTS) is 1. The normalized spacial score (nSPS) is 12.8. The predicted octanol–water partition coefficient (Wildman–Crippen LogP) is 2.12. The first-order valence-electron chi connectivity index (χ1n) is 6.22. The van der Waals surface area contributed by atoms with Gasteiger partial charge in [0.25, 0.3) is 0 Å². The van der Waals surface area contributed by atoms with E-state index in [2.05, 4.69) is 9.97 Å². The molecule has 20 heavy (non-hydrogen) atoms. The molecule has 0 aromatic carbocycles. The molecular weight excluding hydrogens is 278 g/mol. The van der Waals surface area contributed by atoms with Crippen LogP contribution in [0.1, 0.15) is 18.7 Å². The molecule has 0 saturated heterocycles. The molecule has 2 aromatic heterocycles. The first kappa shape index (κ1) is 14.8. The van der Waals surface area contributed by atoms with Gasteiger partial charge in [0, 0.05) is 12.8 Å². The van der Waals surface area contributed by atoms with Gasteiger partial charge in [-0.05, 0) is 26.0 Å². The van der Waals surface area contributed by atoms with Gasteiger partial charge in [0.1, 0.15) is 5.52 Å². The molecule has 2 aromatic rings. The standard InChI is InChI=1S/C13H17N3O3S/c1-8-4-5-10-12(14-8)16(9(2)6-19-3)13(15-10)20-7-11(17)18/h4-5,9H,6-7H2,1-3H3,(H,17,18). The van der Waals surface area contributed by atoms with E-state index in [1.54, 1.807) is 7.11 Å². The maximum absolute atomic E-state index is 10.8. The van der Waals surface area contributed by atoms with Crippen LogP contribution in [0.15, 0.2) is 17.3 Å². The molecule has 0 aliphatic rings. The van der Waals surface area contributed by atoms with Gasteiger partial charge < -0.3 is 9.84 Å². The average molecular weight is 295 g/mol. The lowest BCUT2D eigenvalue weighted by Gasteiger charge is -2.15. The fourth-order valence-corrected chi connectivity index (χ4v) is 2.81. The smallest absolute Gasteiger partial charge is 0.313 e. The molecule has 0 radical (unpaired) electrons. The number of carbonyl (C=O) groups is 1. The summed E-state index contributed by atoms with van der Waals surface area (Å²) in [5.74, 6) is -0.890. The zero-order chi connectivity index (χ0) is 14.7. The molecule has 1 atom stereocenters. The van der Waals surface area contributed by atoms with Gasteiger partial charge >= 0.3 is 5.97 Å². The molecule has 2 rings (SSSR count). The summed E-state index contributed by atoms with van der Waals surface area (Å²) in [4.78, 5) is 19.7. The van der Waals surface area contributed by atoms with Crippen molar-refractivity contribution in [3.8, 4) is 0 Å². The lowest BCUT2D eigenvalue weighted by Crippen LogP contribution is -2.13. The van der Waals surface area contributed by atoms with Crippen LogP contribution in [0.2, 0.25) is 0 Å². The fraction of sp³-hybridized carbons (Fsp3) is 0.462. The van der Waals surface area contributed by atoms with E-state index in [9.17, 15) is 4.79 Å². The molecule has 1 unspecified atom stereocenters. The molecular formula is C13H17N3O3S. The Morgan fingerprint density at radius 1 is 1.50 bits per heavy atom. The van der Waals surface area contributed by atoms with Gasteiger partial charge in [-0.15, -0.1) is 0 Å². The van der Waals surface area contributed by atoms with Gasteiger partial charge in [0.05, 0.1) is 18.4 Å². The molecule has 0 bridgehead atoms. The molecule has 108 valence electrons. The number of nitrogens with zero attached hydrogens (tertiary/aromatic N) is 3. The van der Waals surface area contributed by atoms with E-state index in [0.29, 0.717) is 11.8 Å². The minimum Gasteiger partial charge on any atom is -0.481 e. The summed E-state index contributed by atoms with van der Waals surface area (Å²) in [6.07, 6.45) is 0. The SMILES string of the molecule is COCC(C)n1c(SCC(=O)O)nc2ccc(C)nc21. The quantitative estimate of drug-likeness (QED) is 0.823. The van der Waals surface area contributed by atoms with E-state index in [-0.39, 0.29) is 11.8 Å². The second-order valence-electron chi connectivity index (χ2n) is 4.55. The number of aryl methyl sites for hydroxylation is 1. The van der Waals surface area contributed by atoms with Crippen LogP contribution in [0.3, 0.4) is 0 Å². The van der Waals surface area contributed by atoms with E-state index < -0.39 is 5.97 Å². The molecule has 6 nitrogen and oxygen atoms in total. The Hall–Kier alpha value is -1.60.